The fourth-order valence-electron chi connectivity index (χ4n) is 2.93. The van der Waals surface area contributed by atoms with E-state index in [0.29, 0.717) is 0 Å². The molecule has 0 radical (unpaired) electrons. The molecule has 0 nitrogen and oxygen atoms in total. The predicted molar refractivity (Wildman–Crippen MR) is 127 cm³/mol. The van der Waals surface area contributed by atoms with Crippen molar-refractivity contribution in [3.63, 3.8) is 0 Å². The van der Waals surface area contributed by atoms with Crippen molar-refractivity contribution in [2.45, 2.75) is 13.8 Å². The van der Waals surface area contributed by atoms with E-state index in [9.17, 15) is 0 Å². The van der Waals surface area contributed by atoms with Gasteiger partial charge in [-0.2, -0.15) is 0 Å². The first kappa shape index (κ1) is 17.6. The van der Waals surface area contributed by atoms with Crippen LogP contribution >= 0.6 is 56.7 Å². The van der Waals surface area contributed by atoms with Gasteiger partial charge in [-0.1, -0.05) is 0 Å². The topological polar surface area (TPSA) is 0 Å². The van der Waals surface area contributed by atoms with E-state index >= 15 is 0 Å². The third kappa shape index (κ3) is 3.50. The quantitative estimate of drug-likeness (QED) is 0.261. The van der Waals surface area contributed by atoms with Crippen LogP contribution in [-0.2, 0) is 0 Å². The predicted octanol–water partition coefficient (Wildman–Crippen LogP) is 9.28. The molecule has 0 saturated carbocycles. The summed E-state index contributed by atoms with van der Waals surface area (Å²) >= 11 is 9.34. The summed E-state index contributed by atoms with van der Waals surface area (Å²) in [5.41, 5.74) is 2.69. The van der Waals surface area contributed by atoms with Gasteiger partial charge >= 0.3 is 0 Å². The highest BCUT2D eigenvalue weighted by molar-refractivity contribution is 7.29. The van der Waals surface area contributed by atoms with Crippen molar-refractivity contribution in [1.29, 1.82) is 0 Å². The maximum Gasteiger partial charge on any atom is 0.0449 e. The Morgan fingerprint density at radius 2 is 0.741 bits per heavy atom. The van der Waals surface area contributed by atoms with Crippen molar-refractivity contribution in [2.24, 2.45) is 0 Å². The molecular weight excluding hydrogens is 425 g/mol. The molecule has 5 heterocycles. The van der Waals surface area contributed by atoms with Gasteiger partial charge in [-0.05, 0) is 84.3 Å². The van der Waals surface area contributed by atoms with Crippen molar-refractivity contribution in [3.8, 4) is 39.0 Å². The summed E-state index contributed by atoms with van der Waals surface area (Å²) in [6, 6.07) is 18.1. The Balaban J connectivity index is 1.42. The van der Waals surface area contributed by atoms with Crippen LogP contribution in [0.1, 0.15) is 11.1 Å². The highest BCUT2D eigenvalue weighted by Gasteiger charge is 2.12. The Labute approximate surface area is 179 Å². The molecule has 0 aromatic carbocycles. The monoisotopic (exact) mass is 440 g/mol. The second-order valence-corrected chi connectivity index (χ2v) is 11.5. The maximum absolute atomic E-state index is 2.28. The number of hydrogen-bond acceptors (Lipinski definition) is 5. The van der Waals surface area contributed by atoms with Crippen LogP contribution in [0.25, 0.3) is 39.0 Å². The zero-order chi connectivity index (χ0) is 18.4. The Kier molecular flexibility index (Phi) is 4.66. The first-order valence-corrected chi connectivity index (χ1v) is 12.8. The third-order valence-corrected chi connectivity index (χ3v) is 10.4. The SMILES string of the molecule is Cc1csc(-c2ccc(-c3ccc(-c4ccc(-c5cc(C)cs5)s4)s3)s2)c1. The molecular formula is C22H16S5. The summed E-state index contributed by atoms with van der Waals surface area (Å²) in [5, 5.41) is 4.45. The van der Waals surface area contributed by atoms with Crippen LogP contribution in [0.15, 0.2) is 59.3 Å². The molecule has 0 amide bonds. The molecule has 0 bridgehead atoms. The molecule has 0 atom stereocenters. The molecule has 5 heteroatoms. The third-order valence-electron chi connectivity index (χ3n) is 4.25. The lowest BCUT2D eigenvalue weighted by Gasteiger charge is -1.92. The molecule has 0 aliphatic heterocycles. The van der Waals surface area contributed by atoms with E-state index < -0.39 is 0 Å². The molecule has 5 aromatic rings. The van der Waals surface area contributed by atoms with Gasteiger partial charge in [0.05, 0.1) is 0 Å². The highest BCUT2D eigenvalue weighted by atomic mass is 32.1. The Morgan fingerprint density at radius 3 is 1.00 bits per heavy atom. The molecule has 5 rings (SSSR count). The van der Waals surface area contributed by atoms with E-state index in [1.807, 2.05) is 56.7 Å². The van der Waals surface area contributed by atoms with Gasteiger partial charge in [0.2, 0.25) is 0 Å². The standard InChI is InChI=1S/C22H16S5/c1-13-9-21(23-11-13)19-7-5-17(26-19)15-3-4-16(25-15)18-6-8-20(27-18)22-10-14(2)12-24-22/h3-12H,1-2H3. The van der Waals surface area contributed by atoms with Crippen molar-refractivity contribution >= 4 is 56.7 Å². The molecule has 0 unspecified atom stereocenters. The average molecular weight is 441 g/mol. The zero-order valence-electron chi connectivity index (χ0n) is 14.8. The molecule has 0 fully saturated rings. The minimum Gasteiger partial charge on any atom is -0.143 e. The molecule has 0 aliphatic carbocycles. The normalized spacial score (nSPS) is 11.3. The molecule has 0 aliphatic rings. The van der Waals surface area contributed by atoms with Gasteiger partial charge in [0.25, 0.3) is 0 Å². The van der Waals surface area contributed by atoms with Crippen LogP contribution < -0.4 is 0 Å². The van der Waals surface area contributed by atoms with Crippen LogP contribution in [0.3, 0.4) is 0 Å². The summed E-state index contributed by atoms with van der Waals surface area (Å²) in [6.45, 7) is 4.32. The summed E-state index contributed by atoms with van der Waals surface area (Å²) in [4.78, 5) is 10.9. The van der Waals surface area contributed by atoms with Crippen LogP contribution in [0.2, 0.25) is 0 Å². The number of thiophene rings is 5. The molecule has 0 N–H and O–H groups in total. The first-order valence-electron chi connectivity index (χ1n) is 8.57. The van der Waals surface area contributed by atoms with Crippen LogP contribution in [0, 0.1) is 13.8 Å². The average Bonchev–Trinajstić information content (AvgIpc) is 3.44. The van der Waals surface area contributed by atoms with E-state index in [1.165, 1.54) is 50.1 Å². The van der Waals surface area contributed by atoms with E-state index in [1.54, 1.807) is 0 Å². The fraction of sp³-hybridized carbons (Fsp3) is 0.0909. The van der Waals surface area contributed by atoms with Gasteiger partial charge < -0.3 is 0 Å². The summed E-state index contributed by atoms with van der Waals surface area (Å²) in [5.74, 6) is 0. The number of aryl methyl sites for hydroxylation is 2. The van der Waals surface area contributed by atoms with E-state index in [0.717, 1.165) is 0 Å². The van der Waals surface area contributed by atoms with E-state index in [2.05, 4.69) is 73.1 Å². The maximum atomic E-state index is 2.28. The van der Waals surface area contributed by atoms with Gasteiger partial charge in [0.1, 0.15) is 0 Å². The lowest BCUT2D eigenvalue weighted by Crippen LogP contribution is -1.60. The minimum atomic E-state index is 1.35. The van der Waals surface area contributed by atoms with Crippen molar-refractivity contribution in [2.75, 3.05) is 0 Å². The van der Waals surface area contributed by atoms with Crippen molar-refractivity contribution in [1.82, 2.24) is 0 Å². The van der Waals surface area contributed by atoms with Crippen molar-refractivity contribution in [3.05, 3.63) is 70.4 Å². The Hall–Kier alpha value is -1.50. The summed E-state index contributed by atoms with van der Waals surface area (Å²) in [6.07, 6.45) is 0. The molecule has 0 saturated heterocycles. The van der Waals surface area contributed by atoms with Gasteiger partial charge in [0.15, 0.2) is 0 Å². The smallest absolute Gasteiger partial charge is 0.0449 e. The largest absolute Gasteiger partial charge is 0.143 e. The Morgan fingerprint density at radius 1 is 0.444 bits per heavy atom. The van der Waals surface area contributed by atoms with Gasteiger partial charge in [-0.15, -0.1) is 56.7 Å². The summed E-state index contributed by atoms with van der Waals surface area (Å²) in [7, 11) is 0. The van der Waals surface area contributed by atoms with Gasteiger partial charge in [-0.3, -0.25) is 0 Å². The lowest BCUT2D eigenvalue weighted by atomic mass is 10.3. The minimum absolute atomic E-state index is 1.35. The fourth-order valence-corrected chi connectivity index (χ4v) is 8.13. The molecule has 0 spiro atoms. The second-order valence-electron chi connectivity index (χ2n) is 6.47. The number of hydrogen-bond donors (Lipinski definition) is 0. The number of rotatable bonds is 4. The van der Waals surface area contributed by atoms with Gasteiger partial charge in [0, 0.05) is 39.0 Å². The zero-order valence-corrected chi connectivity index (χ0v) is 18.9. The van der Waals surface area contributed by atoms with Crippen LogP contribution in [-0.4, -0.2) is 0 Å². The van der Waals surface area contributed by atoms with Gasteiger partial charge in [-0.25, -0.2) is 0 Å². The molecule has 5 aromatic heterocycles. The van der Waals surface area contributed by atoms with Crippen molar-refractivity contribution < 1.29 is 0 Å². The van der Waals surface area contributed by atoms with Crippen LogP contribution in [0.4, 0.5) is 0 Å². The Bertz CT molecular complexity index is 1110. The molecule has 134 valence electrons. The summed E-state index contributed by atoms with van der Waals surface area (Å²) < 4.78 is 0. The van der Waals surface area contributed by atoms with E-state index in [4.69, 9.17) is 0 Å². The first-order chi connectivity index (χ1) is 13.2. The highest BCUT2D eigenvalue weighted by Crippen LogP contribution is 2.44. The lowest BCUT2D eigenvalue weighted by molar-refractivity contribution is 1.56. The van der Waals surface area contributed by atoms with Crippen LogP contribution in [0.5, 0.6) is 0 Å². The second kappa shape index (κ2) is 7.15. The van der Waals surface area contributed by atoms with E-state index in [-0.39, 0.29) is 0 Å². The molecule has 27 heavy (non-hydrogen) atoms.